The molecule has 2 aromatic rings. The predicted molar refractivity (Wildman–Crippen MR) is 124 cm³/mol. The Kier molecular flexibility index (Phi) is 7.72. The number of non-ortho nitro benzene ring substituents is 1. The number of aryl methyl sites for hydroxylation is 1. The molecular weight excluding hydrogens is 408 g/mol. The van der Waals surface area contributed by atoms with E-state index in [9.17, 15) is 14.9 Å². The molecule has 172 valence electrons. The van der Waals surface area contributed by atoms with Gasteiger partial charge < -0.3 is 10.1 Å². The molecule has 2 atom stereocenters. The number of carbonyl (C=O) groups excluding carboxylic acids is 1. The van der Waals surface area contributed by atoms with Gasteiger partial charge in [0.15, 0.2) is 0 Å². The van der Waals surface area contributed by atoms with Gasteiger partial charge in [0, 0.05) is 12.1 Å². The molecule has 0 aliphatic rings. The zero-order valence-electron chi connectivity index (χ0n) is 19.7. The van der Waals surface area contributed by atoms with Crippen LogP contribution in [-0.2, 0) is 4.74 Å². The van der Waals surface area contributed by atoms with Crippen LogP contribution in [0.4, 0.5) is 10.5 Å². The van der Waals surface area contributed by atoms with Gasteiger partial charge in [0.05, 0.1) is 16.5 Å². The highest BCUT2D eigenvalue weighted by atomic mass is 16.6. The van der Waals surface area contributed by atoms with Crippen molar-refractivity contribution >= 4 is 11.8 Å². The smallest absolute Gasteiger partial charge is 0.408 e. The van der Waals surface area contributed by atoms with Crippen molar-refractivity contribution < 1.29 is 14.5 Å². The number of hydrogen-bond acceptors (Lipinski definition) is 6. The standard InChI is InChI=1S/C24H32N4O4/c1-16-10-8-9-11-19(16)21(25-22(29)32-24(5,6)7)20(26-27-23(2,3)4)17-12-14-18(15-13-17)28(30)31/h8-15,20-21H,1-7H3,(H,25,29)/t20-,21+/m0/s1. The molecule has 0 saturated carbocycles. The number of amides is 1. The lowest BCUT2D eigenvalue weighted by atomic mass is 9.91. The summed E-state index contributed by atoms with van der Waals surface area (Å²) in [5, 5.41) is 23.1. The van der Waals surface area contributed by atoms with Gasteiger partial charge in [-0.2, -0.15) is 10.2 Å². The van der Waals surface area contributed by atoms with Gasteiger partial charge in [-0.1, -0.05) is 24.3 Å². The number of nitrogens with zero attached hydrogens (tertiary/aromatic N) is 3. The van der Waals surface area contributed by atoms with Gasteiger partial charge in [0.25, 0.3) is 5.69 Å². The maximum absolute atomic E-state index is 12.7. The molecule has 0 saturated heterocycles. The van der Waals surface area contributed by atoms with E-state index in [-0.39, 0.29) is 5.69 Å². The number of nitro groups is 1. The molecule has 1 amide bonds. The monoisotopic (exact) mass is 440 g/mol. The zero-order valence-corrected chi connectivity index (χ0v) is 19.7. The normalized spacial score (nSPS) is 14.1. The lowest BCUT2D eigenvalue weighted by Gasteiger charge is -2.29. The molecule has 2 rings (SSSR count). The Morgan fingerprint density at radius 2 is 1.62 bits per heavy atom. The molecule has 0 aliphatic heterocycles. The quantitative estimate of drug-likeness (QED) is 0.316. The highest BCUT2D eigenvalue weighted by Crippen LogP contribution is 2.36. The minimum Gasteiger partial charge on any atom is -0.444 e. The molecule has 0 radical (unpaired) electrons. The molecule has 8 heteroatoms. The molecule has 0 aliphatic carbocycles. The highest BCUT2D eigenvalue weighted by Gasteiger charge is 2.30. The lowest BCUT2D eigenvalue weighted by molar-refractivity contribution is -0.384. The first-order chi connectivity index (χ1) is 14.8. The second kappa shape index (κ2) is 9.89. The van der Waals surface area contributed by atoms with E-state index < -0.39 is 34.2 Å². The Morgan fingerprint density at radius 1 is 1.03 bits per heavy atom. The van der Waals surface area contributed by atoms with Crippen molar-refractivity contribution in [3.05, 3.63) is 75.3 Å². The average molecular weight is 441 g/mol. The van der Waals surface area contributed by atoms with Crippen LogP contribution in [0.15, 0.2) is 58.8 Å². The Labute approximate surface area is 189 Å². The van der Waals surface area contributed by atoms with E-state index in [1.807, 2.05) is 52.0 Å². The maximum atomic E-state index is 12.7. The predicted octanol–water partition coefficient (Wildman–Crippen LogP) is 6.46. The molecule has 8 nitrogen and oxygen atoms in total. The van der Waals surface area contributed by atoms with E-state index in [1.54, 1.807) is 32.9 Å². The number of hydrogen-bond donors (Lipinski definition) is 1. The number of alkyl carbamates (subject to hydrolysis) is 1. The second-order valence-electron chi connectivity index (χ2n) is 9.66. The molecule has 0 spiro atoms. The van der Waals surface area contributed by atoms with E-state index in [0.717, 1.165) is 11.1 Å². The Bertz CT molecular complexity index is 973. The third-order valence-electron chi connectivity index (χ3n) is 4.44. The lowest BCUT2D eigenvalue weighted by Crippen LogP contribution is -2.37. The highest BCUT2D eigenvalue weighted by molar-refractivity contribution is 5.68. The van der Waals surface area contributed by atoms with Crippen LogP contribution in [-0.4, -0.2) is 22.2 Å². The van der Waals surface area contributed by atoms with Crippen molar-refractivity contribution in [1.29, 1.82) is 0 Å². The van der Waals surface area contributed by atoms with E-state index in [2.05, 4.69) is 15.5 Å². The number of azo groups is 1. The number of carbonyl (C=O) groups is 1. The molecule has 0 heterocycles. The molecular formula is C24H32N4O4. The minimum absolute atomic E-state index is 0.0206. The Morgan fingerprint density at radius 3 is 2.12 bits per heavy atom. The number of ether oxygens (including phenoxy) is 1. The Hall–Kier alpha value is -3.29. The summed E-state index contributed by atoms with van der Waals surface area (Å²) in [5.74, 6) is 0. The third kappa shape index (κ3) is 7.44. The van der Waals surface area contributed by atoms with Crippen LogP contribution in [0.1, 0.15) is 70.3 Å². The summed E-state index contributed by atoms with van der Waals surface area (Å²) in [6, 6.07) is 12.6. The van der Waals surface area contributed by atoms with Gasteiger partial charge in [-0.25, -0.2) is 4.79 Å². The number of rotatable bonds is 6. The largest absolute Gasteiger partial charge is 0.444 e. The molecule has 0 unspecified atom stereocenters. The van der Waals surface area contributed by atoms with Gasteiger partial charge in [0.2, 0.25) is 0 Å². The van der Waals surface area contributed by atoms with Crippen molar-refractivity contribution in [2.45, 2.75) is 71.7 Å². The van der Waals surface area contributed by atoms with Crippen LogP contribution >= 0.6 is 0 Å². The summed E-state index contributed by atoms with van der Waals surface area (Å²) < 4.78 is 5.50. The van der Waals surface area contributed by atoms with Crippen molar-refractivity contribution in [2.24, 2.45) is 10.2 Å². The van der Waals surface area contributed by atoms with Crippen LogP contribution < -0.4 is 5.32 Å². The van der Waals surface area contributed by atoms with Gasteiger partial charge in [0.1, 0.15) is 11.6 Å². The number of benzene rings is 2. The first kappa shape index (κ1) is 25.0. The SMILES string of the molecule is Cc1ccccc1[C@@H](NC(=O)OC(C)(C)C)[C@@H](N=NC(C)(C)C)c1ccc([N+](=O)[O-])cc1. The van der Waals surface area contributed by atoms with Crippen molar-refractivity contribution in [3.63, 3.8) is 0 Å². The molecule has 1 N–H and O–H groups in total. The van der Waals surface area contributed by atoms with Gasteiger partial charge in [-0.15, -0.1) is 0 Å². The van der Waals surface area contributed by atoms with Crippen LogP contribution in [0.5, 0.6) is 0 Å². The van der Waals surface area contributed by atoms with Crippen LogP contribution in [0.3, 0.4) is 0 Å². The molecule has 2 aromatic carbocycles. The molecule has 32 heavy (non-hydrogen) atoms. The van der Waals surface area contributed by atoms with Crippen molar-refractivity contribution in [1.82, 2.24) is 5.32 Å². The van der Waals surface area contributed by atoms with E-state index >= 15 is 0 Å². The number of nitro benzene ring substituents is 1. The summed E-state index contributed by atoms with van der Waals surface area (Å²) in [5.41, 5.74) is 1.37. The van der Waals surface area contributed by atoms with E-state index in [1.165, 1.54) is 12.1 Å². The van der Waals surface area contributed by atoms with E-state index in [0.29, 0.717) is 5.56 Å². The second-order valence-corrected chi connectivity index (χ2v) is 9.66. The summed E-state index contributed by atoms with van der Waals surface area (Å²) in [7, 11) is 0. The molecule has 0 aromatic heterocycles. The fourth-order valence-electron chi connectivity index (χ4n) is 3.05. The maximum Gasteiger partial charge on any atom is 0.408 e. The topological polar surface area (TPSA) is 106 Å². The van der Waals surface area contributed by atoms with Gasteiger partial charge in [-0.05, 0) is 77.3 Å². The fraction of sp³-hybridized carbons (Fsp3) is 0.458. The summed E-state index contributed by atoms with van der Waals surface area (Å²) in [6.07, 6.45) is -0.580. The van der Waals surface area contributed by atoms with Gasteiger partial charge >= 0.3 is 6.09 Å². The summed E-state index contributed by atoms with van der Waals surface area (Å²) >= 11 is 0. The van der Waals surface area contributed by atoms with Crippen molar-refractivity contribution in [3.8, 4) is 0 Å². The fourth-order valence-corrected chi connectivity index (χ4v) is 3.05. The first-order valence-corrected chi connectivity index (χ1v) is 10.5. The zero-order chi connectivity index (χ0) is 24.1. The van der Waals surface area contributed by atoms with Gasteiger partial charge in [-0.3, -0.25) is 10.1 Å². The summed E-state index contributed by atoms with van der Waals surface area (Å²) in [6.45, 7) is 13.1. The van der Waals surface area contributed by atoms with Crippen LogP contribution in [0.25, 0.3) is 0 Å². The average Bonchev–Trinajstić information content (AvgIpc) is 2.66. The first-order valence-electron chi connectivity index (χ1n) is 10.5. The van der Waals surface area contributed by atoms with Crippen LogP contribution in [0, 0.1) is 17.0 Å². The summed E-state index contributed by atoms with van der Waals surface area (Å²) in [4.78, 5) is 23.4. The molecule has 0 fully saturated rings. The van der Waals surface area contributed by atoms with Crippen LogP contribution in [0.2, 0.25) is 0 Å². The van der Waals surface area contributed by atoms with E-state index in [4.69, 9.17) is 4.74 Å². The minimum atomic E-state index is -0.670. The third-order valence-corrected chi connectivity index (χ3v) is 4.44. The molecule has 0 bridgehead atoms. The van der Waals surface area contributed by atoms with Crippen molar-refractivity contribution in [2.75, 3.05) is 0 Å². The Balaban J connectivity index is 2.59. The number of nitrogens with one attached hydrogen (secondary N) is 1.